The van der Waals surface area contributed by atoms with E-state index in [1.807, 2.05) is 39.8 Å². The van der Waals surface area contributed by atoms with Crippen molar-refractivity contribution in [1.82, 2.24) is 10.2 Å². The van der Waals surface area contributed by atoms with Crippen molar-refractivity contribution in [2.75, 3.05) is 11.9 Å². The summed E-state index contributed by atoms with van der Waals surface area (Å²) in [6.45, 7) is 7.56. The van der Waals surface area contributed by atoms with Gasteiger partial charge >= 0.3 is 6.03 Å². The van der Waals surface area contributed by atoms with Crippen molar-refractivity contribution < 1.29 is 14.4 Å². The first-order valence-electron chi connectivity index (χ1n) is 7.77. The quantitative estimate of drug-likeness (QED) is 0.817. The van der Waals surface area contributed by atoms with E-state index >= 15 is 0 Å². The molecule has 0 spiro atoms. The van der Waals surface area contributed by atoms with Crippen molar-refractivity contribution in [3.05, 3.63) is 29.3 Å². The van der Waals surface area contributed by atoms with Crippen LogP contribution in [0.4, 0.5) is 10.5 Å². The number of nitrogens with zero attached hydrogens (tertiary/aromatic N) is 1. The van der Waals surface area contributed by atoms with Gasteiger partial charge in [0, 0.05) is 5.69 Å². The standard InChI is InChI=1S/C17H23N3O3/c1-10(2)8-14-16(22)20(17(23)19-14)9-15(21)18-13-7-5-6-11(3)12(13)4/h5-7,10,14H,8-9H2,1-4H3,(H,18,21)(H,19,23)/t14-/m0/s1. The number of amides is 4. The van der Waals surface area contributed by atoms with Crippen LogP contribution >= 0.6 is 0 Å². The van der Waals surface area contributed by atoms with Crippen LogP contribution in [-0.2, 0) is 9.59 Å². The molecule has 4 amide bonds. The zero-order valence-corrected chi connectivity index (χ0v) is 14.0. The molecular formula is C17H23N3O3. The van der Waals surface area contributed by atoms with Gasteiger partial charge in [0.25, 0.3) is 5.91 Å². The zero-order valence-electron chi connectivity index (χ0n) is 14.0. The smallest absolute Gasteiger partial charge is 0.325 e. The normalized spacial score (nSPS) is 17.6. The molecule has 1 aliphatic heterocycles. The molecule has 1 heterocycles. The van der Waals surface area contributed by atoms with Gasteiger partial charge in [0.15, 0.2) is 0 Å². The lowest BCUT2D eigenvalue weighted by atomic mass is 10.0. The summed E-state index contributed by atoms with van der Waals surface area (Å²) in [5.74, 6) is -0.430. The lowest BCUT2D eigenvalue weighted by Crippen LogP contribution is -2.38. The van der Waals surface area contributed by atoms with Crippen molar-refractivity contribution in [1.29, 1.82) is 0 Å². The van der Waals surface area contributed by atoms with Crippen LogP contribution in [0.1, 0.15) is 31.4 Å². The number of nitrogens with one attached hydrogen (secondary N) is 2. The number of imide groups is 1. The molecule has 1 aromatic rings. The molecule has 1 aliphatic rings. The molecule has 6 nitrogen and oxygen atoms in total. The first-order chi connectivity index (χ1) is 10.8. The fraction of sp³-hybridized carbons (Fsp3) is 0.471. The predicted octanol–water partition coefficient (Wildman–Crippen LogP) is 2.21. The molecule has 0 aromatic heterocycles. The number of hydrogen-bond acceptors (Lipinski definition) is 3. The highest BCUT2D eigenvalue weighted by Gasteiger charge is 2.38. The van der Waals surface area contributed by atoms with Crippen molar-refractivity contribution >= 4 is 23.5 Å². The van der Waals surface area contributed by atoms with Crippen molar-refractivity contribution in [2.24, 2.45) is 5.92 Å². The Morgan fingerprint density at radius 3 is 2.65 bits per heavy atom. The van der Waals surface area contributed by atoms with Gasteiger partial charge in [-0.3, -0.25) is 14.5 Å². The van der Waals surface area contributed by atoms with Crippen LogP contribution in [0, 0.1) is 19.8 Å². The third-order valence-corrected chi connectivity index (χ3v) is 3.99. The highest BCUT2D eigenvalue weighted by atomic mass is 16.2. The molecule has 0 unspecified atom stereocenters. The van der Waals surface area contributed by atoms with Gasteiger partial charge in [0.05, 0.1) is 0 Å². The summed E-state index contributed by atoms with van der Waals surface area (Å²) in [6.07, 6.45) is 0.569. The Morgan fingerprint density at radius 1 is 1.30 bits per heavy atom. The molecule has 0 radical (unpaired) electrons. The van der Waals surface area contributed by atoms with E-state index in [2.05, 4.69) is 10.6 Å². The summed E-state index contributed by atoms with van der Waals surface area (Å²) in [5.41, 5.74) is 2.73. The number of aryl methyl sites for hydroxylation is 1. The largest absolute Gasteiger partial charge is 0.326 e. The minimum absolute atomic E-state index is 0.271. The van der Waals surface area contributed by atoms with Crippen LogP contribution in [0.25, 0.3) is 0 Å². The third kappa shape index (κ3) is 3.88. The van der Waals surface area contributed by atoms with Gasteiger partial charge in [-0.1, -0.05) is 26.0 Å². The molecule has 124 valence electrons. The van der Waals surface area contributed by atoms with Crippen molar-refractivity contribution in [3.63, 3.8) is 0 Å². The first-order valence-corrected chi connectivity index (χ1v) is 7.77. The van der Waals surface area contributed by atoms with Crippen LogP contribution in [0.15, 0.2) is 18.2 Å². The Labute approximate surface area is 136 Å². The second-order valence-corrected chi connectivity index (χ2v) is 6.35. The minimum atomic E-state index is -0.531. The van der Waals surface area contributed by atoms with Crippen LogP contribution in [0.3, 0.4) is 0 Å². The van der Waals surface area contributed by atoms with E-state index in [9.17, 15) is 14.4 Å². The predicted molar refractivity (Wildman–Crippen MR) is 88.0 cm³/mol. The molecule has 2 N–H and O–H groups in total. The van der Waals surface area contributed by atoms with Gasteiger partial charge in [-0.25, -0.2) is 4.79 Å². The van der Waals surface area contributed by atoms with Crippen molar-refractivity contribution in [2.45, 2.75) is 40.2 Å². The summed E-state index contributed by atoms with van der Waals surface area (Å²) in [4.78, 5) is 37.3. The summed E-state index contributed by atoms with van der Waals surface area (Å²) in [7, 11) is 0. The number of rotatable bonds is 5. The maximum Gasteiger partial charge on any atom is 0.325 e. The van der Waals surface area contributed by atoms with Gasteiger partial charge in [-0.15, -0.1) is 0 Å². The summed E-state index contributed by atoms with van der Waals surface area (Å²) in [5, 5.41) is 5.39. The third-order valence-electron chi connectivity index (χ3n) is 3.99. The maximum absolute atomic E-state index is 12.2. The van der Waals surface area contributed by atoms with Crippen molar-refractivity contribution in [3.8, 4) is 0 Å². The van der Waals surface area contributed by atoms with Crippen LogP contribution in [0.5, 0.6) is 0 Å². The molecule has 0 aliphatic carbocycles. The molecule has 1 atom stereocenters. The number of anilines is 1. The lowest BCUT2D eigenvalue weighted by molar-refractivity contribution is -0.131. The van der Waals surface area contributed by atoms with E-state index in [0.717, 1.165) is 16.0 Å². The molecule has 2 rings (SSSR count). The van der Waals surface area contributed by atoms with E-state index in [-0.39, 0.29) is 24.3 Å². The van der Waals surface area contributed by atoms with Crippen LogP contribution < -0.4 is 10.6 Å². The molecule has 1 aromatic carbocycles. The van der Waals surface area contributed by atoms with Gasteiger partial charge in [-0.2, -0.15) is 0 Å². The Hall–Kier alpha value is -2.37. The van der Waals surface area contributed by atoms with Crippen LogP contribution in [0.2, 0.25) is 0 Å². The zero-order chi connectivity index (χ0) is 17.1. The van der Waals surface area contributed by atoms with Crippen LogP contribution in [-0.4, -0.2) is 35.3 Å². The number of hydrogen-bond donors (Lipinski definition) is 2. The molecule has 23 heavy (non-hydrogen) atoms. The summed E-state index contributed by atoms with van der Waals surface area (Å²) in [6, 6.07) is 4.57. The molecule has 0 bridgehead atoms. The number of carbonyl (C=O) groups excluding carboxylic acids is 3. The monoisotopic (exact) mass is 317 g/mol. The van der Waals surface area contributed by atoms with E-state index in [4.69, 9.17) is 0 Å². The van der Waals surface area contributed by atoms with E-state index in [0.29, 0.717) is 12.1 Å². The average molecular weight is 317 g/mol. The maximum atomic E-state index is 12.2. The molecule has 6 heteroatoms. The minimum Gasteiger partial charge on any atom is -0.326 e. The average Bonchev–Trinajstić information content (AvgIpc) is 2.71. The van der Waals surface area contributed by atoms with Gasteiger partial charge < -0.3 is 10.6 Å². The fourth-order valence-electron chi connectivity index (χ4n) is 2.58. The number of carbonyl (C=O) groups is 3. The second-order valence-electron chi connectivity index (χ2n) is 6.35. The first kappa shape index (κ1) is 17.0. The molecule has 1 saturated heterocycles. The van der Waals surface area contributed by atoms with E-state index < -0.39 is 12.1 Å². The molecular weight excluding hydrogens is 294 g/mol. The van der Waals surface area contributed by atoms with Gasteiger partial charge in [0.1, 0.15) is 12.6 Å². The summed E-state index contributed by atoms with van der Waals surface area (Å²) < 4.78 is 0. The Bertz CT molecular complexity index is 640. The lowest BCUT2D eigenvalue weighted by Gasteiger charge is -2.15. The highest BCUT2D eigenvalue weighted by Crippen LogP contribution is 2.18. The van der Waals surface area contributed by atoms with Gasteiger partial charge in [0.2, 0.25) is 5.91 Å². The Balaban J connectivity index is 2.01. The van der Waals surface area contributed by atoms with E-state index in [1.54, 1.807) is 6.07 Å². The fourth-order valence-corrected chi connectivity index (χ4v) is 2.58. The van der Waals surface area contributed by atoms with E-state index in [1.165, 1.54) is 0 Å². The highest BCUT2D eigenvalue weighted by molar-refractivity contribution is 6.08. The Kier molecular flexibility index (Phi) is 5.03. The molecule has 1 fully saturated rings. The second kappa shape index (κ2) is 6.81. The topological polar surface area (TPSA) is 78.5 Å². The molecule has 0 saturated carbocycles. The summed E-state index contributed by atoms with van der Waals surface area (Å²) >= 11 is 0. The SMILES string of the molecule is Cc1cccc(NC(=O)CN2C(=O)N[C@@H](CC(C)C)C2=O)c1C. The van der Waals surface area contributed by atoms with Gasteiger partial charge in [-0.05, 0) is 43.4 Å². The Morgan fingerprint density at radius 2 is 2.00 bits per heavy atom. The number of urea groups is 1. The number of benzene rings is 1.